The quantitative estimate of drug-likeness (QED) is 0.110. The van der Waals surface area contributed by atoms with Gasteiger partial charge in [0, 0.05) is 10.0 Å². The van der Waals surface area contributed by atoms with Gasteiger partial charge < -0.3 is 14.2 Å². The lowest BCUT2D eigenvalue weighted by molar-refractivity contribution is 0.0729. The Balaban J connectivity index is 1.32. The summed E-state index contributed by atoms with van der Waals surface area (Å²) in [6.45, 7) is 2.48. The molecule has 0 aliphatic rings. The molecule has 7 nitrogen and oxygen atoms in total. The second-order valence-electron chi connectivity index (χ2n) is 8.31. The lowest BCUT2D eigenvalue weighted by Gasteiger charge is -2.10. The summed E-state index contributed by atoms with van der Waals surface area (Å²) in [5.74, 6) is 0.411. The molecule has 0 aromatic heterocycles. The molecule has 4 rings (SSSR count). The third-order valence-electron chi connectivity index (χ3n) is 5.47. The number of ether oxygens (including phenoxy) is 3. The summed E-state index contributed by atoms with van der Waals surface area (Å²) in [6, 6.07) is 26.8. The molecule has 4 aromatic carbocycles. The van der Waals surface area contributed by atoms with Crippen molar-refractivity contribution in [3.8, 4) is 17.2 Å². The summed E-state index contributed by atoms with van der Waals surface area (Å²) in [7, 11) is 1.47. The van der Waals surface area contributed by atoms with Crippen molar-refractivity contribution in [3.05, 3.63) is 123 Å². The van der Waals surface area contributed by atoms with Crippen LogP contribution in [-0.4, -0.2) is 25.2 Å². The molecule has 0 unspecified atom stereocenters. The number of hydrogen-bond donors (Lipinski definition) is 1. The molecule has 0 saturated carbocycles. The Bertz CT molecular complexity index is 1450. The molecular formula is C30H25BrN2O5. The topological polar surface area (TPSA) is 86.2 Å². The number of esters is 1. The van der Waals surface area contributed by atoms with Gasteiger partial charge in [-0.1, -0.05) is 51.8 Å². The molecule has 0 bridgehead atoms. The summed E-state index contributed by atoms with van der Waals surface area (Å²) < 4.78 is 17.4. The summed E-state index contributed by atoms with van der Waals surface area (Å²) in [4.78, 5) is 24.9. The van der Waals surface area contributed by atoms with Crippen molar-refractivity contribution < 1.29 is 23.8 Å². The molecule has 0 atom stereocenters. The van der Waals surface area contributed by atoms with Crippen molar-refractivity contribution in [2.75, 3.05) is 7.11 Å². The first-order valence-electron chi connectivity index (χ1n) is 11.7. The molecule has 1 N–H and O–H groups in total. The second-order valence-corrected chi connectivity index (χ2v) is 9.22. The van der Waals surface area contributed by atoms with Crippen LogP contribution in [0.5, 0.6) is 17.2 Å². The lowest BCUT2D eigenvalue weighted by Crippen LogP contribution is -2.17. The van der Waals surface area contributed by atoms with Crippen molar-refractivity contribution in [1.29, 1.82) is 0 Å². The molecule has 0 aliphatic carbocycles. The minimum absolute atomic E-state index is 0.267. The van der Waals surface area contributed by atoms with Crippen LogP contribution in [0.1, 0.15) is 37.4 Å². The van der Waals surface area contributed by atoms with Gasteiger partial charge in [-0.05, 0) is 78.7 Å². The fraction of sp³-hybridized carbons (Fsp3) is 0.100. The third kappa shape index (κ3) is 7.30. The SMILES string of the molecule is COc1cc(/C=N/NC(=O)c2ccc(OCc3ccc(C)cc3)cc2)ccc1OC(=O)c1cccc(Br)c1. The van der Waals surface area contributed by atoms with E-state index in [9.17, 15) is 9.59 Å². The fourth-order valence-electron chi connectivity index (χ4n) is 3.41. The van der Waals surface area contributed by atoms with E-state index in [0.717, 1.165) is 10.0 Å². The van der Waals surface area contributed by atoms with Crippen molar-refractivity contribution in [2.24, 2.45) is 5.10 Å². The first-order valence-corrected chi connectivity index (χ1v) is 12.5. The normalized spacial score (nSPS) is 10.7. The number of halogens is 1. The van der Waals surface area contributed by atoms with Crippen LogP contribution in [-0.2, 0) is 6.61 Å². The molecule has 8 heteroatoms. The van der Waals surface area contributed by atoms with E-state index in [0.29, 0.717) is 34.8 Å². The van der Waals surface area contributed by atoms with Crippen molar-refractivity contribution in [1.82, 2.24) is 5.43 Å². The smallest absolute Gasteiger partial charge is 0.343 e. The number of benzene rings is 4. The third-order valence-corrected chi connectivity index (χ3v) is 5.97. The van der Waals surface area contributed by atoms with Gasteiger partial charge in [0.05, 0.1) is 18.9 Å². The number of rotatable bonds is 9. The first-order chi connectivity index (χ1) is 18.4. The van der Waals surface area contributed by atoms with E-state index >= 15 is 0 Å². The van der Waals surface area contributed by atoms with Gasteiger partial charge in [0.15, 0.2) is 11.5 Å². The number of aryl methyl sites for hydroxylation is 1. The Morgan fingerprint density at radius 1 is 0.895 bits per heavy atom. The van der Waals surface area contributed by atoms with Gasteiger partial charge in [-0.25, -0.2) is 10.2 Å². The van der Waals surface area contributed by atoms with Gasteiger partial charge in [-0.2, -0.15) is 5.10 Å². The van der Waals surface area contributed by atoms with Crippen molar-refractivity contribution in [2.45, 2.75) is 13.5 Å². The number of amides is 1. The van der Waals surface area contributed by atoms with Crippen LogP contribution in [0.25, 0.3) is 0 Å². The maximum Gasteiger partial charge on any atom is 0.343 e. The van der Waals surface area contributed by atoms with E-state index in [1.807, 2.05) is 37.3 Å². The lowest BCUT2D eigenvalue weighted by atomic mass is 10.2. The molecule has 38 heavy (non-hydrogen) atoms. The van der Waals surface area contributed by atoms with Crippen molar-refractivity contribution >= 4 is 34.0 Å². The number of methoxy groups -OCH3 is 1. The van der Waals surface area contributed by atoms with Crippen molar-refractivity contribution in [3.63, 3.8) is 0 Å². The van der Waals surface area contributed by atoms with Crippen LogP contribution in [0.3, 0.4) is 0 Å². The molecule has 0 spiro atoms. The molecular weight excluding hydrogens is 548 g/mol. The van der Waals surface area contributed by atoms with E-state index in [1.54, 1.807) is 60.7 Å². The van der Waals surface area contributed by atoms with Crippen LogP contribution in [0.2, 0.25) is 0 Å². The van der Waals surface area contributed by atoms with Gasteiger partial charge in [0.2, 0.25) is 0 Å². The summed E-state index contributed by atoms with van der Waals surface area (Å²) >= 11 is 3.34. The number of nitrogens with one attached hydrogen (secondary N) is 1. The maximum atomic E-state index is 12.5. The minimum atomic E-state index is -0.509. The predicted molar refractivity (Wildman–Crippen MR) is 149 cm³/mol. The standard InChI is InChI=1S/C30H25BrN2O5/c1-20-6-8-21(9-7-20)19-37-26-13-11-23(12-14-26)29(34)33-32-18-22-10-15-27(28(16-22)36-2)38-30(35)24-4-3-5-25(31)17-24/h3-18H,19H2,1-2H3,(H,33,34)/b32-18+. The molecule has 0 fully saturated rings. The zero-order valence-electron chi connectivity index (χ0n) is 20.8. The highest BCUT2D eigenvalue weighted by Crippen LogP contribution is 2.28. The Morgan fingerprint density at radius 3 is 2.37 bits per heavy atom. The van der Waals surface area contributed by atoms with Gasteiger partial charge in [0.1, 0.15) is 12.4 Å². The van der Waals surface area contributed by atoms with Crippen LogP contribution < -0.4 is 19.6 Å². The van der Waals surface area contributed by atoms with E-state index < -0.39 is 5.97 Å². The predicted octanol–water partition coefficient (Wildman–Crippen LogP) is 6.33. The van der Waals surface area contributed by atoms with Crippen LogP contribution >= 0.6 is 15.9 Å². The Kier molecular flexibility index (Phi) is 8.89. The Hall–Kier alpha value is -4.43. The van der Waals surface area contributed by atoms with Gasteiger partial charge in [-0.3, -0.25) is 4.79 Å². The van der Waals surface area contributed by atoms with Crippen LogP contribution in [0.15, 0.2) is 101 Å². The zero-order valence-corrected chi connectivity index (χ0v) is 22.4. The fourth-order valence-corrected chi connectivity index (χ4v) is 3.81. The number of carbonyl (C=O) groups is 2. The first kappa shape index (κ1) is 26.6. The minimum Gasteiger partial charge on any atom is -0.493 e. The monoisotopic (exact) mass is 572 g/mol. The maximum absolute atomic E-state index is 12.5. The molecule has 1 amide bonds. The Labute approximate surface area is 229 Å². The van der Waals surface area contributed by atoms with Gasteiger partial charge >= 0.3 is 5.97 Å². The number of hydrogen-bond acceptors (Lipinski definition) is 6. The van der Waals surface area contributed by atoms with Gasteiger partial charge in [0.25, 0.3) is 5.91 Å². The molecule has 4 aromatic rings. The molecule has 0 aliphatic heterocycles. The average Bonchev–Trinajstić information content (AvgIpc) is 2.93. The Morgan fingerprint density at radius 2 is 1.66 bits per heavy atom. The molecule has 0 saturated heterocycles. The highest BCUT2D eigenvalue weighted by Gasteiger charge is 2.13. The number of hydrazone groups is 1. The molecule has 192 valence electrons. The highest BCUT2D eigenvalue weighted by molar-refractivity contribution is 9.10. The molecule has 0 radical (unpaired) electrons. The van der Waals surface area contributed by atoms with E-state index in [4.69, 9.17) is 14.2 Å². The highest BCUT2D eigenvalue weighted by atomic mass is 79.9. The van der Waals surface area contributed by atoms with Crippen LogP contribution in [0.4, 0.5) is 0 Å². The largest absolute Gasteiger partial charge is 0.493 e. The van der Waals surface area contributed by atoms with E-state index in [1.165, 1.54) is 18.9 Å². The number of nitrogens with zero attached hydrogens (tertiary/aromatic N) is 1. The second kappa shape index (κ2) is 12.7. The van der Waals surface area contributed by atoms with E-state index in [2.05, 4.69) is 26.5 Å². The average molecular weight is 573 g/mol. The van der Waals surface area contributed by atoms with Crippen LogP contribution in [0, 0.1) is 6.92 Å². The molecule has 0 heterocycles. The van der Waals surface area contributed by atoms with Gasteiger partial charge in [-0.15, -0.1) is 0 Å². The summed E-state index contributed by atoms with van der Waals surface area (Å²) in [5.41, 5.74) is 6.25. The summed E-state index contributed by atoms with van der Waals surface area (Å²) in [5, 5.41) is 4.02. The summed E-state index contributed by atoms with van der Waals surface area (Å²) in [6.07, 6.45) is 1.47. The van der Waals surface area contributed by atoms with E-state index in [-0.39, 0.29) is 11.7 Å². The zero-order chi connectivity index (χ0) is 26.9. The number of carbonyl (C=O) groups excluding carboxylic acids is 2.